The van der Waals surface area contributed by atoms with Gasteiger partial charge in [0.1, 0.15) is 0 Å². The molecule has 0 spiro atoms. The third-order valence-electron chi connectivity index (χ3n) is 2.25. The van der Waals surface area contributed by atoms with E-state index in [0.717, 1.165) is 0 Å². The van der Waals surface area contributed by atoms with E-state index in [1.807, 2.05) is 0 Å². The predicted octanol–water partition coefficient (Wildman–Crippen LogP) is 2.15. The summed E-state index contributed by atoms with van der Waals surface area (Å²) in [7, 11) is 0. The molecule has 1 saturated carbocycles. The fourth-order valence-corrected chi connectivity index (χ4v) is 1.45. The highest BCUT2D eigenvalue weighted by Crippen LogP contribution is 2.35. The van der Waals surface area contributed by atoms with Gasteiger partial charge in [-0.05, 0) is 18.8 Å². The van der Waals surface area contributed by atoms with Crippen LogP contribution in [0.4, 0.5) is 8.78 Å². The lowest BCUT2D eigenvalue weighted by Crippen LogP contribution is -2.25. The molecule has 0 saturated heterocycles. The molecule has 1 aliphatic carbocycles. The maximum atomic E-state index is 12.6. The minimum atomic E-state index is -2.48. The van der Waals surface area contributed by atoms with E-state index in [0.29, 0.717) is 19.4 Å². The smallest absolute Gasteiger partial charge is 0.211 e. The number of alkyl halides is 2. The van der Waals surface area contributed by atoms with Crippen molar-refractivity contribution in [1.29, 1.82) is 0 Å². The molecule has 68 valence electrons. The lowest BCUT2D eigenvalue weighted by atomic mass is 9.87. The van der Waals surface area contributed by atoms with Crippen molar-refractivity contribution in [2.75, 3.05) is 6.54 Å². The minimum absolute atomic E-state index is 0.0634. The highest BCUT2D eigenvalue weighted by Gasteiger charge is 2.34. The van der Waals surface area contributed by atoms with Crippen molar-refractivity contribution in [2.45, 2.75) is 31.6 Å². The largest absolute Gasteiger partial charge is 0.248 e. The van der Waals surface area contributed by atoms with Crippen LogP contribution in [0.5, 0.6) is 0 Å². The Hall–Kier alpha value is -0.760. The van der Waals surface area contributed by atoms with Crippen molar-refractivity contribution in [2.24, 2.45) is 10.9 Å². The molecule has 0 aromatic carbocycles. The van der Waals surface area contributed by atoms with E-state index >= 15 is 0 Å². The predicted molar refractivity (Wildman–Crippen MR) is 39.9 cm³/mol. The molecule has 0 aromatic heterocycles. The monoisotopic (exact) mass is 175 g/mol. The molecule has 0 heterocycles. The number of nitrogens with zero attached hydrogens (tertiary/aromatic N) is 1. The third kappa shape index (κ3) is 2.70. The molecular formula is C8H11F2NO. The minimum Gasteiger partial charge on any atom is -0.211 e. The van der Waals surface area contributed by atoms with Crippen LogP contribution in [0.3, 0.4) is 0 Å². The second kappa shape index (κ2) is 3.76. The summed E-state index contributed by atoms with van der Waals surface area (Å²) in [5.41, 5.74) is 0. The van der Waals surface area contributed by atoms with E-state index in [-0.39, 0.29) is 18.8 Å². The number of rotatable bonds is 2. The number of carbonyl (C=O) groups excluding carboxylic acids is 1. The van der Waals surface area contributed by atoms with Crippen molar-refractivity contribution in [3.63, 3.8) is 0 Å². The lowest BCUT2D eigenvalue weighted by Gasteiger charge is -2.26. The van der Waals surface area contributed by atoms with Crippen LogP contribution in [0.25, 0.3) is 0 Å². The lowest BCUT2D eigenvalue weighted by molar-refractivity contribution is -0.0446. The summed E-state index contributed by atoms with van der Waals surface area (Å²) in [5.74, 6) is -2.33. The van der Waals surface area contributed by atoms with E-state index in [4.69, 9.17) is 0 Å². The van der Waals surface area contributed by atoms with Crippen LogP contribution in [0, 0.1) is 5.92 Å². The van der Waals surface area contributed by atoms with Crippen molar-refractivity contribution in [1.82, 2.24) is 0 Å². The quantitative estimate of drug-likeness (QED) is 0.467. The molecule has 0 atom stereocenters. The maximum absolute atomic E-state index is 12.6. The summed E-state index contributed by atoms with van der Waals surface area (Å²) in [6.07, 6.45) is 2.24. The van der Waals surface area contributed by atoms with Gasteiger partial charge in [0.15, 0.2) is 0 Å². The Kier molecular flexibility index (Phi) is 2.93. The normalized spacial score (nSPS) is 23.2. The van der Waals surface area contributed by atoms with Crippen molar-refractivity contribution >= 4 is 6.08 Å². The topological polar surface area (TPSA) is 29.4 Å². The van der Waals surface area contributed by atoms with Crippen LogP contribution < -0.4 is 0 Å². The average Bonchev–Trinajstić information content (AvgIpc) is 2.03. The standard InChI is InChI=1S/C8H11F2NO/c9-8(10)3-1-7(2-4-8)5-11-6-12/h7H,1-5H2. The summed E-state index contributed by atoms with van der Waals surface area (Å²) in [6.45, 7) is 0.361. The second-order valence-corrected chi connectivity index (χ2v) is 3.23. The first-order valence-corrected chi connectivity index (χ1v) is 4.05. The first-order valence-electron chi connectivity index (χ1n) is 4.05. The molecule has 0 bridgehead atoms. The summed E-state index contributed by atoms with van der Waals surface area (Å²) < 4.78 is 25.2. The molecule has 1 rings (SSSR count). The highest BCUT2D eigenvalue weighted by molar-refractivity contribution is 5.32. The molecule has 1 fully saturated rings. The first kappa shape index (κ1) is 9.33. The number of isocyanates is 1. The first-order chi connectivity index (χ1) is 5.64. The molecule has 1 aliphatic rings. The molecule has 0 aliphatic heterocycles. The van der Waals surface area contributed by atoms with Gasteiger partial charge in [-0.2, -0.15) is 0 Å². The van der Waals surface area contributed by atoms with Crippen LogP contribution in [-0.4, -0.2) is 18.5 Å². The van der Waals surface area contributed by atoms with E-state index in [2.05, 4.69) is 4.99 Å². The van der Waals surface area contributed by atoms with Crippen LogP contribution in [-0.2, 0) is 4.79 Å². The van der Waals surface area contributed by atoms with Gasteiger partial charge in [0.05, 0.1) is 6.54 Å². The van der Waals surface area contributed by atoms with Gasteiger partial charge in [0.2, 0.25) is 12.0 Å². The van der Waals surface area contributed by atoms with E-state index in [9.17, 15) is 13.6 Å². The Labute approximate surface area is 69.7 Å². The van der Waals surface area contributed by atoms with Gasteiger partial charge < -0.3 is 0 Å². The Morgan fingerprint density at radius 1 is 1.42 bits per heavy atom. The fourth-order valence-electron chi connectivity index (χ4n) is 1.45. The van der Waals surface area contributed by atoms with E-state index in [1.165, 1.54) is 6.08 Å². The molecule has 2 nitrogen and oxygen atoms in total. The summed E-state index contributed by atoms with van der Waals surface area (Å²) in [6, 6.07) is 0. The molecule has 0 radical (unpaired) electrons. The zero-order valence-corrected chi connectivity index (χ0v) is 6.72. The SMILES string of the molecule is O=C=NCC1CCC(F)(F)CC1. The van der Waals surface area contributed by atoms with Gasteiger partial charge in [-0.1, -0.05) is 0 Å². The van der Waals surface area contributed by atoms with Crippen LogP contribution in [0.2, 0.25) is 0 Å². The summed E-state index contributed by atoms with van der Waals surface area (Å²) in [5, 5.41) is 0. The Morgan fingerprint density at radius 2 is 2.00 bits per heavy atom. The molecule has 0 N–H and O–H groups in total. The molecule has 12 heavy (non-hydrogen) atoms. The zero-order chi connectivity index (χ0) is 9.03. The second-order valence-electron chi connectivity index (χ2n) is 3.23. The molecule has 0 amide bonds. The van der Waals surface area contributed by atoms with Gasteiger partial charge >= 0.3 is 0 Å². The highest BCUT2D eigenvalue weighted by atomic mass is 19.3. The zero-order valence-electron chi connectivity index (χ0n) is 6.72. The van der Waals surface area contributed by atoms with Crippen molar-refractivity contribution in [3.8, 4) is 0 Å². The van der Waals surface area contributed by atoms with Crippen molar-refractivity contribution in [3.05, 3.63) is 0 Å². The van der Waals surface area contributed by atoms with Gasteiger partial charge in [-0.25, -0.2) is 18.6 Å². The maximum Gasteiger partial charge on any atom is 0.248 e. The molecule has 0 aromatic rings. The summed E-state index contributed by atoms with van der Waals surface area (Å²) in [4.78, 5) is 13.1. The van der Waals surface area contributed by atoms with Gasteiger partial charge in [-0.15, -0.1) is 0 Å². The van der Waals surface area contributed by atoms with Crippen LogP contribution in [0.1, 0.15) is 25.7 Å². The van der Waals surface area contributed by atoms with Gasteiger partial charge in [-0.3, -0.25) is 0 Å². The van der Waals surface area contributed by atoms with Crippen LogP contribution >= 0.6 is 0 Å². The molecule has 4 heteroatoms. The van der Waals surface area contributed by atoms with Gasteiger partial charge in [0, 0.05) is 12.8 Å². The Morgan fingerprint density at radius 3 is 2.50 bits per heavy atom. The summed E-state index contributed by atoms with van der Waals surface area (Å²) >= 11 is 0. The number of aliphatic imine (C=N–C) groups is 1. The Balaban J connectivity index is 2.31. The fraction of sp³-hybridized carbons (Fsp3) is 0.875. The van der Waals surface area contributed by atoms with E-state index in [1.54, 1.807) is 0 Å². The number of halogens is 2. The molecular weight excluding hydrogens is 164 g/mol. The number of hydrogen-bond donors (Lipinski definition) is 0. The third-order valence-corrected chi connectivity index (χ3v) is 2.25. The van der Waals surface area contributed by atoms with Crippen LogP contribution in [0.15, 0.2) is 4.99 Å². The Bertz CT molecular complexity index is 189. The number of hydrogen-bond acceptors (Lipinski definition) is 2. The van der Waals surface area contributed by atoms with Crippen molar-refractivity contribution < 1.29 is 13.6 Å². The van der Waals surface area contributed by atoms with Gasteiger partial charge in [0.25, 0.3) is 0 Å². The average molecular weight is 175 g/mol. The molecule has 0 unspecified atom stereocenters. The van der Waals surface area contributed by atoms with E-state index < -0.39 is 5.92 Å².